The molecule has 0 atom stereocenters. The molecular weight excluding hydrogens is 310 g/mol. The van der Waals surface area contributed by atoms with Crippen LogP contribution < -0.4 is 10.6 Å². The van der Waals surface area contributed by atoms with E-state index in [1.165, 1.54) is 12.1 Å². The molecule has 0 unspecified atom stereocenters. The van der Waals surface area contributed by atoms with Crippen molar-refractivity contribution in [2.24, 2.45) is 0 Å². The van der Waals surface area contributed by atoms with Gasteiger partial charge in [-0.25, -0.2) is 9.78 Å². The average Bonchev–Trinajstić information content (AvgIpc) is 2.48. The number of nitrogens with one attached hydrogen (secondary N) is 2. The maximum absolute atomic E-state index is 11.7. The number of benzene rings is 1. The van der Waals surface area contributed by atoms with E-state index in [0.717, 1.165) is 11.3 Å². The first-order valence-electron chi connectivity index (χ1n) is 7.44. The second-order valence-electron chi connectivity index (χ2n) is 6.24. The van der Waals surface area contributed by atoms with E-state index in [0.29, 0.717) is 12.4 Å². The highest BCUT2D eigenvalue weighted by atomic mass is 16.6. The molecule has 2 aromatic rings. The molecule has 7 heteroatoms. The normalized spacial score (nSPS) is 11.0. The summed E-state index contributed by atoms with van der Waals surface area (Å²) in [5, 5.41) is 24.4. The lowest BCUT2D eigenvalue weighted by Crippen LogP contribution is -2.27. The van der Waals surface area contributed by atoms with E-state index in [4.69, 9.17) is 4.74 Å². The monoisotopic (exact) mass is 331 g/mol. The number of aromatic nitrogens is 1. The number of amides is 1. The Morgan fingerprint density at radius 2 is 1.92 bits per heavy atom. The van der Waals surface area contributed by atoms with Gasteiger partial charge in [-0.2, -0.15) is 0 Å². The standard InChI is InChI=1S/C17H21N3O4/c1-17(2,3)24-16(23)20-15-7-5-12(10-19-15)18-9-11-4-6-13(21)14(22)8-11/h4-8,10,18,21-22H,9H2,1-3H3,(H,19,20,23). The Morgan fingerprint density at radius 3 is 2.50 bits per heavy atom. The van der Waals surface area contributed by atoms with Crippen LogP contribution in [0.1, 0.15) is 26.3 Å². The number of hydrogen-bond acceptors (Lipinski definition) is 6. The Labute approximate surface area is 140 Å². The van der Waals surface area contributed by atoms with Gasteiger partial charge in [-0.15, -0.1) is 0 Å². The lowest BCUT2D eigenvalue weighted by atomic mass is 10.2. The number of anilines is 2. The molecule has 1 aromatic carbocycles. The number of carbonyl (C=O) groups excluding carboxylic acids is 1. The fourth-order valence-electron chi connectivity index (χ4n) is 1.86. The summed E-state index contributed by atoms with van der Waals surface area (Å²) in [6.45, 7) is 5.81. The van der Waals surface area contributed by atoms with Crippen molar-refractivity contribution in [2.75, 3.05) is 10.6 Å². The minimum atomic E-state index is -0.568. The van der Waals surface area contributed by atoms with Crippen molar-refractivity contribution >= 4 is 17.6 Å². The molecule has 0 radical (unpaired) electrons. The summed E-state index contributed by atoms with van der Waals surface area (Å²) < 4.78 is 5.15. The molecule has 0 fully saturated rings. The van der Waals surface area contributed by atoms with E-state index in [9.17, 15) is 15.0 Å². The van der Waals surface area contributed by atoms with Crippen LogP contribution in [-0.2, 0) is 11.3 Å². The van der Waals surface area contributed by atoms with Crippen LogP contribution in [0.25, 0.3) is 0 Å². The quantitative estimate of drug-likeness (QED) is 0.640. The number of ether oxygens (including phenoxy) is 1. The van der Waals surface area contributed by atoms with Crippen LogP contribution in [0.5, 0.6) is 11.5 Å². The summed E-state index contributed by atoms with van der Waals surface area (Å²) in [6, 6.07) is 8.03. The summed E-state index contributed by atoms with van der Waals surface area (Å²) in [5.41, 5.74) is 0.986. The molecule has 0 bridgehead atoms. The van der Waals surface area contributed by atoms with Gasteiger partial charge in [0, 0.05) is 6.54 Å². The highest BCUT2D eigenvalue weighted by molar-refractivity contribution is 5.83. The third-order valence-electron chi connectivity index (χ3n) is 2.93. The predicted octanol–water partition coefficient (Wildman–Crippen LogP) is 3.45. The van der Waals surface area contributed by atoms with E-state index in [2.05, 4.69) is 15.6 Å². The largest absolute Gasteiger partial charge is 0.504 e. The lowest BCUT2D eigenvalue weighted by Gasteiger charge is -2.19. The lowest BCUT2D eigenvalue weighted by molar-refractivity contribution is 0.0635. The van der Waals surface area contributed by atoms with Gasteiger partial charge in [-0.3, -0.25) is 5.32 Å². The van der Waals surface area contributed by atoms with E-state index < -0.39 is 11.7 Å². The molecule has 24 heavy (non-hydrogen) atoms. The molecule has 0 aliphatic carbocycles. The topological polar surface area (TPSA) is 104 Å². The first-order valence-corrected chi connectivity index (χ1v) is 7.44. The van der Waals surface area contributed by atoms with Crippen LogP contribution in [-0.4, -0.2) is 26.9 Å². The highest BCUT2D eigenvalue weighted by Crippen LogP contribution is 2.25. The number of phenols is 2. The molecule has 7 nitrogen and oxygen atoms in total. The fourth-order valence-corrected chi connectivity index (χ4v) is 1.86. The van der Waals surface area contributed by atoms with Gasteiger partial charge in [-0.1, -0.05) is 6.07 Å². The van der Waals surface area contributed by atoms with E-state index in [1.807, 2.05) is 0 Å². The predicted molar refractivity (Wildman–Crippen MR) is 91.2 cm³/mol. The molecule has 0 saturated heterocycles. The third-order valence-corrected chi connectivity index (χ3v) is 2.93. The van der Waals surface area contributed by atoms with Crippen molar-refractivity contribution < 1.29 is 19.7 Å². The van der Waals surface area contributed by atoms with Crippen LogP contribution in [0, 0.1) is 0 Å². The third kappa shape index (κ3) is 5.35. The maximum atomic E-state index is 11.7. The zero-order valence-electron chi connectivity index (χ0n) is 13.8. The molecule has 4 N–H and O–H groups in total. The van der Waals surface area contributed by atoms with Crippen molar-refractivity contribution in [3.05, 3.63) is 42.1 Å². The number of pyridine rings is 1. The summed E-state index contributed by atoms with van der Waals surface area (Å²) in [4.78, 5) is 15.8. The molecule has 2 rings (SSSR count). The molecular formula is C17H21N3O4. The number of rotatable bonds is 4. The van der Waals surface area contributed by atoms with Crippen molar-refractivity contribution in [1.29, 1.82) is 0 Å². The van der Waals surface area contributed by atoms with Crippen LogP contribution >= 0.6 is 0 Å². The van der Waals surface area contributed by atoms with Gasteiger partial charge >= 0.3 is 6.09 Å². The van der Waals surface area contributed by atoms with E-state index in [-0.39, 0.29) is 11.5 Å². The van der Waals surface area contributed by atoms with Crippen molar-refractivity contribution in [3.8, 4) is 11.5 Å². The number of phenolic OH excluding ortho intramolecular Hbond substituents is 2. The molecule has 128 valence electrons. The fraction of sp³-hybridized carbons (Fsp3) is 0.294. The summed E-state index contributed by atoms with van der Waals surface area (Å²) in [5.74, 6) is 0.0689. The smallest absolute Gasteiger partial charge is 0.413 e. The number of hydrogen-bond donors (Lipinski definition) is 4. The van der Waals surface area contributed by atoms with Crippen molar-refractivity contribution in [3.63, 3.8) is 0 Å². The number of carbonyl (C=O) groups is 1. The van der Waals surface area contributed by atoms with Crippen LogP contribution in [0.4, 0.5) is 16.3 Å². The second-order valence-corrected chi connectivity index (χ2v) is 6.24. The van der Waals surface area contributed by atoms with Crippen molar-refractivity contribution in [2.45, 2.75) is 32.9 Å². The van der Waals surface area contributed by atoms with Gasteiger partial charge in [0.05, 0.1) is 11.9 Å². The first kappa shape index (κ1) is 17.4. The van der Waals surface area contributed by atoms with E-state index in [1.54, 1.807) is 45.2 Å². The zero-order valence-corrected chi connectivity index (χ0v) is 13.8. The van der Waals surface area contributed by atoms with Gasteiger partial charge in [0.2, 0.25) is 0 Å². The van der Waals surface area contributed by atoms with Crippen LogP contribution in [0.2, 0.25) is 0 Å². The number of nitrogens with zero attached hydrogens (tertiary/aromatic N) is 1. The minimum Gasteiger partial charge on any atom is -0.504 e. The minimum absolute atomic E-state index is 0.155. The van der Waals surface area contributed by atoms with Crippen molar-refractivity contribution in [1.82, 2.24) is 4.98 Å². The Hall–Kier alpha value is -2.96. The summed E-state index contributed by atoms with van der Waals surface area (Å²) in [6.07, 6.45) is 1.02. The van der Waals surface area contributed by atoms with Crippen LogP contribution in [0.3, 0.4) is 0 Å². The molecule has 0 spiro atoms. The van der Waals surface area contributed by atoms with Gasteiger partial charge in [-0.05, 0) is 50.6 Å². The second kappa shape index (κ2) is 7.08. The molecule has 1 amide bonds. The molecule has 0 aliphatic rings. The maximum Gasteiger partial charge on any atom is 0.413 e. The first-order chi connectivity index (χ1) is 11.2. The molecule has 0 saturated carbocycles. The Kier molecular flexibility index (Phi) is 5.13. The van der Waals surface area contributed by atoms with Gasteiger partial charge in [0.1, 0.15) is 11.4 Å². The Morgan fingerprint density at radius 1 is 1.17 bits per heavy atom. The van der Waals surface area contributed by atoms with E-state index >= 15 is 0 Å². The van der Waals surface area contributed by atoms with Gasteiger partial charge in [0.15, 0.2) is 11.5 Å². The summed E-state index contributed by atoms with van der Waals surface area (Å²) >= 11 is 0. The zero-order chi connectivity index (χ0) is 17.7. The molecule has 0 aliphatic heterocycles. The Balaban J connectivity index is 1.90. The summed E-state index contributed by atoms with van der Waals surface area (Å²) in [7, 11) is 0. The average molecular weight is 331 g/mol. The SMILES string of the molecule is CC(C)(C)OC(=O)Nc1ccc(NCc2ccc(O)c(O)c2)cn1. The highest BCUT2D eigenvalue weighted by Gasteiger charge is 2.16. The van der Waals surface area contributed by atoms with Gasteiger partial charge in [0.25, 0.3) is 0 Å². The molecule has 1 heterocycles. The molecule has 1 aromatic heterocycles. The Bertz CT molecular complexity index is 709. The number of aromatic hydroxyl groups is 2. The van der Waals surface area contributed by atoms with Crippen LogP contribution in [0.15, 0.2) is 36.5 Å². The van der Waals surface area contributed by atoms with Gasteiger partial charge < -0.3 is 20.3 Å².